The molecule has 19 heavy (non-hydrogen) atoms. The highest BCUT2D eigenvalue weighted by Gasteiger charge is 2.61. The molecule has 1 rings (SSSR count). The number of azide groups is 1. The van der Waals surface area contributed by atoms with Crippen LogP contribution in [-0.2, 0) is 19.1 Å². The minimum Gasteiger partial charge on any atom is -0.465 e. The third kappa shape index (κ3) is 2.90. The number of hydrogen-bond acceptors (Lipinski definition) is 5. The van der Waals surface area contributed by atoms with Crippen molar-refractivity contribution in [2.45, 2.75) is 44.8 Å². The summed E-state index contributed by atoms with van der Waals surface area (Å²) in [6, 6.07) is 0. The zero-order valence-electron chi connectivity index (χ0n) is 11.5. The average molecular weight is 270 g/mol. The summed E-state index contributed by atoms with van der Waals surface area (Å²) in [6.07, 6.45) is 0.737. The van der Waals surface area contributed by atoms with E-state index >= 15 is 0 Å². The highest BCUT2D eigenvalue weighted by Crippen LogP contribution is 2.33. The summed E-state index contributed by atoms with van der Waals surface area (Å²) in [4.78, 5) is 27.0. The van der Waals surface area contributed by atoms with Gasteiger partial charge in [0.25, 0.3) is 0 Å². The van der Waals surface area contributed by atoms with Crippen molar-refractivity contribution in [3.05, 3.63) is 10.4 Å². The van der Waals surface area contributed by atoms with Crippen LogP contribution in [0.4, 0.5) is 0 Å². The number of ether oxygens (including phenoxy) is 2. The Kier molecular flexibility index (Phi) is 4.26. The van der Waals surface area contributed by atoms with Crippen LogP contribution in [-0.4, -0.2) is 41.7 Å². The van der Waals surface area contributed by atoms with Gasteiger partial charge in [-0.2, -0.15) is 4.91 Å². The third-order valence-electron chi connectivity index (χ3n) is 2.76. The molecule has 8 heteroatoms. The van der Waals surface area contributed by atoms with Gasteiger partial charge in [-0.25, -0.2) is 14.6 Å². The minimum absolute atomic E-state index is 0.202. The molecule has 0 unspecified atom stereocenters. The number of rotatable bonds is 3. The van der Waals surface area contributed by atoms with Crippen molar-refractivity contribution in [3.8, 4) is 0 Å². The molecule has 0 saturated carbocycles. The van der Waals surface area contributed by atoms with Gasteiger partial charge in [-0.1, -0.05) is 0 Å². The first kappa shape index (κ1) is 15.1. The summed E-state index contributed by atoms with van der Waals surface area (Å²) >= 11 is 0. The van der Waals surface area contributed by atoms with Crippen molar-refractivity contribution >= 4 is 11.9 Å². The Bertz CT molecular complexity index is 425. The van der Waals surface area contributed by atoms with Crippen molar-refractivity contribution in [2.75, 3.05) is 13.7 Å². The molecule has 0 aromatic rings. The Labute approximate surface area is 111 Å². The predicted octanol–water partition coefficient (Wildman–Crippen LogP) is 1.56. The molecule has 1 saturated heterocycles. The van der Waals surface area contributed by atoms with E-state index in [1.807, 2.05) is 0 Å². The second kappa shape index (κ2) is 5.36. The van der Waals surface area contributed by atoms with Gasteiger partial charge < -0.3 is 9.47 Å². The molecule has 1 fully saturated rings. The standard InChI is InChI=1S/C11H18N4O4/c1-10(2,3)19-9(17)11(8(16)18-4)6-5-7-15(11)14-13-12/h5-7H2,1-4H3/t11-/m0/s1. The van der Waals surface area contributed by atoms with E-state index in [1.54, 1.807) is 20.8 Å². The van der Waals surface area contributed by atoms with E-state index in [4.69, 9.17) is 10.3 Å². The highest BCUT2D eigenvalue weighted by atomic mass is 16.6. The molecule has 1 aliphatic rings. The van der Waals surface area contributed by atoms with Crippen LogP contribution in [0.15, 0.2) is 5.22 Å². The van der Waals surface area contributed by atoms with Gasteiger partial charge in [0.1, 0.15) is 5.60 Å². The molecular weight excluding hydrogens is 252 g/mol. The van der Waals surface area contributed by atoms with Gasteiger partial charge in [0, 0.05) is 6.42 Å². The Balaban J connectivity index is 3.17. The first-order chi connectivity index (χ1) is 8.78. The van der Waals surface area contributed by atoms with E-state index in [-0.39, 0.29) is 6.42 Å². The van der Waals surface area contributed by atoms with Crippen LogP contribution in [0.2, 0.25) is 0 Å². The second-order valence-electron chi connectivity index (χ2n) is 5.26. The second-order valence-corrected chi connectivity index (χ2v) is 5.26. The number of nitrogens with zero attached hydrogens (tertiary/aromatic N) is 4. The van der Waals surface area contributed by atoms with Crippen LogP contribution in [0.3, 0.4) is 0 Å². The lowest BCUT2D eigenvalue weighted by atomic mass is 9.97. The largest absolute Gasteiger partial charge is 0.465 e. The molecule has 0 N–H and O–H groups in total. The molecule has 0 aromatic heterocycles. The van der Waals surface area contributed by atoms with E-state index < -0.39 is 23.1 Å². The lowest BCUT2D eigenvalue weighted by Gasteiger charge is -2.30. The minimum atomic E-state index is -1.67. The van der Waals surface area contributed by atoms with Gasteiger partial charge in [-0.15, -0.1) is 5.53 Å². The van der Waals surface area contributed by atoms with Gasteiger partial charge in [-0.05, 0) is 32.4 Å². The van der Waals surface area contributed by atoms with Gasteiger partial charge in [0.05, 0.1) is 13.7 Å². The van der Waals surface area contributed by atoms with E-state index in [2.05, 4.69) is 14.9 Å². The topological polar surface area (TPSA) is 105 Å². The molecular formula is C11H18N4O4. The molecule has 0 aromatic carbocycles. The lowest BCUT2D eigenvalue weighted by Crippen LogP contribution is -2.57. The maximum Gasteiger partial charge on any atom is 0.367 e. The van der Waals surface area contributed by atoms with Gasteiger partial charge >= 0.3 is 17.5 Å². The van der Waals surface area contributed by atoms with E-state index in [9.17, 15) is 9.59 Å². The highest BCUT2D eigenvalue weighted by molar-refractivity contribution is 6.05. The normalized spacial score (nSPS) is 22.6. The van der Waals surface area contributed by atoms with Crippen molar-refractivity contribution in [1.82, 2.24) is 5.01 Å². The average Bonchev–Trinajstić information content (AvgIpc) is 2.71. The lowest BCUT2D eigenvalue weighted by molar-refractivity contribution is -0.179. The summed E-state index contributed by atoms with van der Waals surface area (Å²) < 4.78 is 9.94. The molecule has 8 nitrogen and oxygen atoms in total. The number of carbonyl (C=O) groups excluding carboxylic acids is 2. The van der Waals surface area contributed by atoms with Crippen LogP contribution >= 0.6 is 0 Å². The summed E-state index contributed by atoms with van der Waals surface area (Å²) in [5.74, 6) is -1.52. The summed E-state index contributed by atoms with van der Waals surface area (Å²) in [5, 5.41) is 4.51. The van der Waals surface area contributed by atoms with Gasteiger partial charge in [-0.3, -0.25) is 0 Å². The molecule has 1 aliphatic heterocycles. The molecule has 0 spiro atoms. The van der Waals surface area contributed by atoms with Crippen LogP contribution in [0, 0.1) is 0 Å². The zero-order valence-corrected chi connectivity index (χ0v) is 11.5. The number of methoxy groups -OCH3 is 1. The van der Waals surface area contributed by atoms with Crippen molar-refractivity contribution in [2.24, 2.45) is 5.22 Å². The predicted molar refractivity (Wildman–Crippen MR) is 65.7 cm³/mol. The molecule has 1 atom stereocenters. The van der Waals surface area contributed by atoms with Crippen LogP contribution in [0.25, 0.3) is 10.4 Å². The first-order valence-electron chi connectivity index (χ1n) is 5.92. The third-order valence-corrected chi connectivity index (χ3v) is 2.76. The molecule has 0 bridgehead atoms. The first-order valence-corrected chi connectivity index (χ1v) is 5.92. The number of hydrogen-bond donors (Lipinski definition) is 0. The summed E-state index contributed by atoms with van der Waals surface area (Å²) in [6.45, 7) is 5.40. The van der Waals surface area contributed by atoms with Crippen molar-refractivity contribution < 1.29 is 19.1 Å². The SMILES string of the molecule is COC(=O)[C@]1(C(=O)OC(C)(C)C)CCCN1N=[N+]=[N-]. The number of esters is 2. The molecule has 1 heterocycles. The molecule has 0 radical (unpaired) electrons. The Hall–Kier alpha value is -1.95. The maximum atomic E-state index is 12.3. The monoisotopic (exact) mass is 270 g/mol. The molecule has 0 aliphatic carbocycles. The van der Waals surface area contributed by atoms with Crippen LogP contribution in [0.5, 0.6) is 0 Å². The Morgan fingerprint density at radius 3 is 2.47 bits per heavy atom. The van der Waals surface area contributed by atoms with Crippen molar-refractivity contribution in [3.63, 3.8) is 0 Å². The summed E-state index contributed by atoms with van der Waals surface area (Å²) in [7, 11) is 1.18. The van der Waals surface area contributed by atoms with Gasteiger partial charge in [0.15, 0.2) is 0 Å². The van der Waals surface area contributed by atoms with Crippen LogP contribution < -0.4 is 0 Å². The molecule has 106 valence electrons. The smallest absolute Gasteiger partial charge is 0.367 e. The van der Waals surface area contributed by atoms with Crippen molar-refractivity contribution in [1.29, 1.82) is 0 Å². The number of carbonyl (C=O) groups is 2. The zero-order chi connectivity index (χ0) is 14.7. The van der Waals surface area contributed by atoms with E-state index in [1.165, 1.54) is 7.11 Å². The fraction of sp³-hybridized carbons (Fsp3) is 0.818. The quantitative estimate of drug-likeness (QED) is 0.254. The van der Waals surface area contributed by atoms with E-state index in [0.717, 1.165) is 5.01 Å². The fourth-order valence-electron chi connectivity index (χ4n) is 2.00. The Morgan fingerprint density at radius 2 is 2.00 bits per heavy atom. The molecule has 0 amide bonds. The maximum absolute atomic E-state index is 12.3. The Morgan fingerprint density at radius 1 is 1.37 bits per heavy atom. The fourth-order valence-corrected chi connectivity index (χ4v) is 2.00. The van der Waals surface area contributed by atoms with Gasteiger partial charge in [0.2, 0.25) is 0 Å². The van der Waals surface area contributed by atoms with E-state index in [0.29, 0.717) is 13.0 Å². The van der Waals surface area contributed by atoms with Crippen LogP contribution in [0.1, 0.15) is 33.6 Å². The summed E-state index contributed by atoms with van der Waals surface area (Å²) in [5.41, 5.74) is 6.12.